The average molecular weight is 239 g/mol. The molecular weight excluding hydrogens is 222 g/mol. The fraction of sp³-hybridized carbons (Fsp3) is 0.700. The van der Waals surface area contributed by atoms with Gasteiger partial charge in [0.1, 0.15) is 0 Å². The highest BCUT2D eigenvalue weighted by Gasteiger charge is 2.28. The molecule has 1 aliphatic heterocycles. The minimum Gasteiger partial charge on any atom is -0.353 e. The zero-order chi connectivity index (χ0) is 12.3. The van der Waals surface area contributed by atoms with Crippen LogP contribution in [0.5, 0.6) is 0 Å². The maximum atomic E-state index is 11.7. The second-order valence-corrected chi connectivity index (χ2v) is 3.99. The van der Waals surface area contributed by atoms with E-state index in [4.69, 9.17) is 10.3 Å². The van der Waals surface area contributed by atoms with Gasteiger partial charge >= 0.3 is 0 Å². The molecule has 1 atom stereocenters. The second-order valence-electron chi connectivity index (χ2n) is 3.99. The third-order valence-corrected chi connectivity index (χ3v) is 2.86. The van der Waals surface area contributed by atoms with Crippen molar-refractivity contribution >= 4 is 5.91 Å². The smallest absolute Gasteiger partial charge is 0.240 e. The first-order chi connectivity index (χ1) is 8.24. The van der Waals surface area contributed by atoms with Gasteiger partial charge in [0.25, 0.3) is 0 Å². The van der Waals surface area contributed by atoms with Gasteiger partial charge in [-0.25, -0.2) is 0 Å². The van der Waals surface area contributed by atoms with Crippen LogP contribution in [0.1, 0.15) is 25.1 Å². The van der Waals surface area contributed by atoms with Crippen molar-refractivity contribution in [1.82, 2.24) is 20.4 Å². The minimum absolute atomic E-state index is 0.0706. The molecule has 1 amide bonds. The maximum absolute atomic E-state index is 11.7. The Morgan fingerprint density at radius 2 is 2.47 bits per heavy atom. The molecule has 3 N–H and O–H groups in total. The summed E-state index contributed by atoms with van der Waals surface area (Å²) in [5.74, 6) is 1.08. The van der Waals surface area contributed by atoms with E-state index in [2.05, 4.69) is 20.4 Å². The molecule has 1 fully saturated rings. The number of piperazine rings is 1. The van der Waals surface area contributed by atoms with E-state index in [0.29, 0.717) is 24.8 Å². The Balaban J connectivity index is 2.03. The highest BCUT2D eigenvalue weighted by molar-refractivity contribution is 5.82. The van der Waals surface area contributed by atoms with E-state index in [-0.39, 0.29) is 18.5 Å². The van der Waals surface area contributed by atoms with E-state index in [1.165, 1.54) is 0 Å². The van der Waals surface area contributed by atoms with Crippen molar-refractivity contribution in [2.45, 2.75) is 32.5 Å². The first-order valence-corrected chi connectivity index (χ1v) is 5.78. The number of rotatable bonds is 4. The molecule has 1 saturated heterocycles. The van der Waals surface area contributed by atoms with Gasteiger partial charge in [0.05, 0.1) is 19.1 Å². The predicted molar refractivity (Wildman–Crippen MR) is 59.7 cm³/mol. The van der Waals surface area contributed by atoms with Crippen molar-refractivity contribution in [3.63, 3.8) is 0 Å². The maximum Gasteiger partial charge on any atom is 0.240 e. The molecule has 2 heterocycles. The molecule has 0 spiro atoms. The first-order valence-electron chi connectivity index (χ1n) is 5.78. The SMILES string of the molecule is CCC1C(=O)NCCN1Cc1noc(CN)n1. The van der Waals surface area contributed by atoms with E-state index in [0.717, 1.165) is 13.0 Å². The lowest BCUT2D eigenvalue weighted by Crippen LogP contribution is -2.54. The average Bonchev–Trinajstić information content (AvgIpc) is 2.77. The number of aromatic nitrogens is 2. The summed E-state index contributed by atoms with van der Waals surface area (Å²) in [5.41, 5.74) is 5.40. The lowest BCUT2D eigenvalue weighted by molar-refractivity contribution is -0.129. The highest BCUT2D eigenvalue weighted by atomic mass is 16.5. The first kappa shape index (κ1) is 12.0. The van der Waals surface area contributed by atoms with Crippen molar-refractivity contribution in [2.24, 2.45) is 5.73 Å². The summed E-state index contributed by atoms with van der Waals surface area (Å²) in [7, 11) is 0. The van der Waals surface area contributed by atoms with Crippen LogP contribution in [-0.4, -0.2) is 40.1 Å². The number of hydrogen-bond acceptors (Lipinski definition) is 6. The topological polar surface area (TPSA) is 97.3 Å². The summed E-state index contributed by atoms with van der Waals surface area (Å²) in [5, 5.41) is 6.69. The van der Waals surface area contributed by atoms with E-state index < -0.39 is 0 Å². The van der Waals surface area contributed by atoms with Gasteiger partial charge in [-0.1, -0.05) is 12.1 Å². The van der Waals surface area contributed by atoms with E-state index >= 15 is 0 Å². The van der Waals surface area contributed by atoms with E-state index in [1.54, 1.807) is 0 Å². The molecule has 0 radical (unpaired) electrons. The van der Waals surface area contributed by atoms with Gasteiger partial charge in [0.15, 0.2) is 5.82 Å². The molecule has 0 aromatic carbocycles. The summed E-state index contributed by atoms with van der Waals surface area (Å²) in [6.07, 6.45) is 0.771. The number of carbonyl (C=O) groups is 1. The van der Waals surface area contributed by atoms with Crippen LogP contribution in [0.3, 0.4) is 0 Å². The fourth-order valence-electron chi connectivity index (χ4n) is 2.01. The number of nitrogens with zero attached hydrogens (tertiary/aromatic N) is 3. The van der Waals surface area contributed by atoms with Crippen molar-refractivity contribution in [3.05, 3.63) is 11.7 Å². The van der Waals surface area contributed by atoms with E-state index in [9.17, 15) is 4.79 Å². The van der Waals surface area contributed by atoms with Crippen LogP contribution in [0.4, 0.5) is 0 Å². The molecule has 17 heavy (non-hydrogen) atoms. The molecule has 7 heteroatoms. The summed E-state index contributed by atoms with van der Waals surface area (Å²) >= 11 is 0. The summed E-state index contributed by atoms with van der Waals surface area (Å²) in [6.45, 7) is 4.22. The van der Waals surface area contributed by atoms with E-state index in [1.807, 2.05) is 6.92 Å². The Bertz CT molecular complexity index is 392. The Hall–Kier alpha value is -1.47. The van der Waals surface area contributed by atoms with Crippen LogP contribution in [0, 0.1) is 0 Å². The predicted octanol–water partition coefficient (Wildman–Crippen LogP) is -0.761. The molecular formula is C10H17N5O2. The Kier molecular flexibility index (Phi) is 3.70. The minimum atomic E-state index is -0.108. The number of nitrogens with two attached hydrogens (primary N) is 1. The molecule has 1 aliphatic rings. The van der Waals surface area contributed by atoms with Gasteiger partial charge in [-0.05, 0) is 6.42 Å². The molecule has 1 aromatic rings. The van der Waals surface area contributed by atoms with Crippen molar-refractivity contribution in [2.75, 3.05) is 13.1 Å². The lowest BCUT2D eigenvalue weighted by atomic mass is 10.1. The monoisotopic (exact) mass is 239 g/mol. The van der Waals surface area contributed by atoms with Crippen LogP contribution < -0.4 is 11.1 Å². The Morgan fingerprint density at radius 1 is 1.65 bits per heavy atom. The van der Waals surface area contributed by atoms with Gasteiger partial charge < -0.3 is 15.6 Å². The molecule has 1 unspecified atom stereocenters. The molecule has 1 aromatic heterocycles. The largest absolute Gasteiger partial charge is 0.353 e. The number of nitrogens with one attached hydrogen (secondary N) is 1. The van der Waals surface area contributed by atoms with Crippen LogP contribution in [0.2, 0.25) is 0 Å². The standard InChI is InChI=1S/C10H17N5O2/c1-2-7-10(16)12-3-4-15(7)6-8-13-9(5-11)17-14-8/h7H,2-6,11H2,1H3,(H,12,16). The van der Waals surface area contributed by atoms with Crippen molar-refractivity contribution in [3.8, 4) is 0 Å². The van der Waals surface area contributed by atoms with Gasteiger partial charge in [-0.15, -0.1) is 0 Å². The van der Waals surface area contributed by atoms with Gasteiger partial charge in [0, 0.05) is 13.1 Å². The van der Waals surface area contributed by atoms with Crippen molar-refractivity contribution < 1.29 is 9.32 Å². The molecule has 2 rings (SSSR count). The quantitative estimate of drug-likeness (QED) is 0.716. The molecule has 0 bridgehead atoms. The molecule has 0 aliphatic carbocycles. The Morgan fingerprint density at radius 3 is 3.12 bits per heavy atom. The summed E-state index contributed by atoms with van der Waals surface area (Å²) < 4.78 is 4.94. The summed E-state index contributed by atoms with van der Waals surface area (Å²) in [4.78, 5) is 17.9. The second kappa shape index (κ2) is 5.24. The van der Waals surface area contributed by atoms with Crippen molar-refractivity contribution in [1.29, 1.82) is 0 Å². The molecule has 0 saturated carbocycles. The molecule has 94 valence electrons. The third-order valence-electron chi connectivity index (χ3n) is 2.86. The van der Waals surface area contributed by atoms with Crippen LogP contribution >= 0.6 is 0 Å². The lowest BCUT2D eigenvalue weighted by Gasteiger charge is -2.33. The molecule has 7 nitrogen and oxygen atoms in total. The number of carbonyl (C=O) groups excluding carboxylic acids is 1. The van der Waals surface area contributed by atoms with Gasteiger partial charge in [0.2, 0.25) is 11.8 Å². The Labute approximate surface area is 99.3 Å². The zero-order valence-corrected chi connectivity index (χ0v) is 9.85. The summed E-state index contributed by atoms with van der Waals surface area (Å²) in [6, 6.07) is -0.108. The van der Waals surface area contributed by atoms with Crippen LogP contribution in [0.15, 0.2) is 4.52 Å². The van der Waals surface area contributed by atoms with Crippen LogP contribution in [0.25, 0.3) is 0 Å². The highest BCUT2D eigenvalue weighted by Crippen LogP contribution is 2.11. The number of hydrogen-bond donors (Lipinski definition) is 2. The number of amides is 1. The van der Waals surface area contributed by atoms with Crippen LogP contribution in [-0.2, 0) is 17.9 Å². The van der Waals surface area contributed by atoms with Gasteiger partial charge in [-0.2, -0.15) is 4.98 Å². The zero-order valence-electron chi connectivity index (χ0n) is 9.85. The normalized spacial score (nSPS) is 21.5. The fourth-order valence-corrected chi connectivity index (χ4v) is 2.01. The van der Waals surface area contributed by atoms with Gasteiger partial charge in [-0.3, -0.25) is 9.69 Å². The third kappa shape index (κ3) is 2.62.